The Labute approximate surface area is 195 Å². The summed E-state index contributed by atoms with van der Waals surface area (Å²) < 4.78 is 5.57. The van der Waals surface area contributed by atoms with Crippen LogP contribution in [-0.2, 0) is 6.54 Å². The van der Waals surface area contributed by atoms with Crippen molar-refractivity contribution >= 4 is 23.5 Å². The van der Waals surface area contributed by atoms with Crippen molar-refractivity contribution in [1.82, 2.24) is 15.1 Å². The predicted molar refractivity (Wildman–Crippen MR) is 131 cm³/mol. The normalized spacial score (nSPS) is 13.1. The molecule has 2 heterocycles. The molecular formula is C24H23N7OS. The molecule has 33 heavy (non-hydrogen) atoms. The molecule has 5 rings (SSSR count). The number of rotatable bonds is 7. The molecule has 1 saturated carbocycles. The smallest absolute Gasteiger partial charge is 0.189 e. The monoisotopic (exact) mass is 457 g/mol. The molecule has 0 unspecified atom stereocenters. The zero-order valence-electron chi connectivity index (χ0n) is 17.8. The molecular weight excluding hydrogens is 434 g/mol. The summed E-state index contributed by atoms with van der Waals surface area (Å²) in [4.78, 5) is 14.3. The van der Waals surface area contributed by atoms with Crippen molar-refractivity contribution in [2.75, 3.05) is 5.73 Å². The third-order valence-corrected chi connectivity index (χ3v) is 6.56. The lowest BCUT2D eigenvalue weighted by Crippen LogP contribution is -2.22. The van der Waals surface area contributed by atoms with Gasteiger partial charge in [-0.1, -0.05) is 41.6 Å². The maximum Gasteiger partial charge on any atom is 0.189 e. The number of thioether (sulfide) groups is 1. The van der Waals surface area contributed by atoms with Crippen LogP contribution >= 0.6 is 11.8 Å². The molecule has 4 aromatic rings. The van der Waals surface area contributed by atoms with Crippen LogP contribution in [0.15, 0.2) is 75.2 Å². The Hall–Kier alpha value is -3.85. The van der Waals surface area contributed by atoms with Crippen LogP contribution in [0.4, 0.5) is 5.82 Å². The van der Waals surface area contributed by atoms with E-state index in [-0.39, 0.29) is 11.8 Å². The molecule has 166 valence electrons. The number of aromatic nitrogens is 3. The van der Waals surface area contributed by atoms with Crippen LogP contribution in [0.3, 0.4) is 0 Å². The highest BCUT2D eigenvalue weighted by molar-refractivity contribution is 8.00. The van der Waals surface area contributed by atoms with Gasteiger partial charge < -0.3 is 21.7 Å². The summed E-state index contributed by atoms with van der Waals surface area (Å²) in [5, 5.41) is 4.96. The molecule has 0 amide bonds. The molecule has 8 nitrogen and oxygen atoms in total. The number of anilines is 1. The Morgan fingerprint density at radius 3 is 2.39 bits per heavy atom. The molecule has 0 atom stereocenters. The number of hydrogen-bond donors (Lipinski definition) is 3. The lowest BCUT2D eigenvalue weighted by Gasteiger charge is -2.06. The second-order valence-corrected chi connectivity index (χ2v) is 9.22. The highest BCUT2D eigenvalue weighted by atomic mass is 32.2. The van der Waals surface area contributed by atoms with Crippen molar-refractivity contribution in [3.05, 3.63) is 66.4 Å². The van der Waals surface area contributed by atoms with Gasteiger partial charge in [-0.3, -0.25) is 0 Å². The van der Waals surface area contributed by atoms with Crippen LogP contribution in [0.2, 0.25) is 0 Å². The van der Waals surface area contributed by atoms with Crippen molar-refractivity contribution in [2.24, 2.45) is 16.5 Å². The van der Waals surface area contributed by atoms with Crippen LogP contribution in [0.25, 0.3) is 34.0 Å². The average molecular weight is 458 g/mol. The van der Waals surface area contributed by atoms with E-state index in [0.717, 1.165) is 27.6 Å². The second kappa shape index (κ2) is 8.95. The highest BCUT2D eigenvalue weighted by Gasteiger charge is 2.22. The number of benzene rings is 2. The topological polar surface area (TPSA) is 142 Å². The molecule has 0 saturated heterocycles. The number of nitrogens with zero attached hydrogens (tertiary/aromatic N) is 4. The molecule has 0 aliphatic heterocycles. The van der Waals surface area contributed by atoms with E-state index in [4.69, 9.17) is 26.7 Å². The summed E-state index contributed by atoms with van der Waals surface area (Å²) in [7, 11) is 0. The first-order valence-corrected chi connectivity index (χ1v) is 11.4. The lowest BCUT2D eigenvalue weighted by molar-refractivity contribution is 0.434. The SMILES string of the molecule is NC(N)=NCc1ccc(-c2cc(-c3nc(-c4ccc(SC5CC5)cc4)cnc3N)on2)cc1. The highest BCUT2D eigenvalue weighted by Crippen LogP contribution is 2.39. The predicted octanol–water partition coefficient (Wildman–Crippen LogP) is 4.08. The molecule has 2 aromatic heterocycles. The number of aliphatic imine (C=N–C) groups is 1. The van der Waals surface area contributed by atoms with Gasteiger partial charge in [0.2, 0.25) is 0 Å². The number of nitrogens with two attached hydrogens (primary N) is 3. The summed E-state index contributed by atoms with van der Waals surface area (Å²) in [6.07, 6.45) is 4.29. The molecule has 1 fully saturated rings. The fraction of sp³-hybridized carbons (Fsp3) is 0.167. The van der Waals surface area contributed by atoms with E-state index in [2.05, 4.69) is 39.4 Å². The van der Waals surface area contributed by atoms with Gasteiger partial charge in [0.05, 0.1) is 18.4 Å². The molecule has 9 heteroatoms. The average Bonchev–Trinajstić information content (AvgIpc) is 3.51. The number of nitrogen functional groups attached to an aromatic ring is 1. The Balaban J connectivity index is 1.37. The first kappa shape index (κ1) is 21.0. The summed E-state index contributed by atoms with van der Waals surface area (Å²) in [5.41, 5.74) is 21.6. The third kappa shape index (κ3) is 4.98. The summed E-state index contributed by atoms with van der Waals surface area (Å²) in [6.45, 7) is 0.422. The van der Waals surface area contributed by atoms with Crippen LogP contribution in [0.5, 0.6) is 0 Å². The first-order chi connectivity index (χ1) is 16.0. The van der Waals surface area contributed by atoms with Gasteiger partial charge in [-0.05, 0) is 30.5 Å². The fourth-order valence-corrected chi connectivity index (χ4v) is 4.34. The summed E-state index contributed by atoms with van der Waals surface area (Å²) in [6, 6.07) is 17.9. The molecule has 0 bridgehead atoms. The quantitative estimate of drug-likeness (QED) is 0.278. The van der Waals surface area contributed by atoms with Crippen molar-refractivity contribution in [2.45, 2.75) is 29.5 Å². The van der Waals surface area contributed by atoms with Gasteiger partial charge in [0.15, 0.2) is 23.2 Å². The van der Waals surface area contributed by atoms with E-state index in [0.29, 0.717) is 23.7 Å². The van der Waals surface area contributed by atoms with Crippen molar-refractivity contribution in [3.63, 3.8) is 0 Å². The van der Waals surface area contributed by atoms with Crippen LogP contribution in [0.1, 0.15) is 18.4 Å². The molecule has 0 spiro atoms. The minimum absolute atomic E-state index is 0.0641. The zero-order chi connectivity index (χ0) is 22.8. The minimum Gasteiger partial charge on any atom is -0.382 e. The van der Waals surface area contributed by atoms with Gasteiger partial charge in [0, 0.05) is 27.3 Å². The van der Waals surface area contributed by atoms with Crippen molar-refractivity contribution in [1.29, 1.82) is 0 Å². The Bertz CT molecular complexity index is 1290. The van der Waals surface area contributed by atoms with Crippen LogP contribution < -0.4 is 17.2 Å². The van der Waals surface area contributed by atoms with E-state index >= 15 is 0 Å². The van der Waals surface area contributed by atoms with Crippen molar-refractivity contribution in [3.8, 4) is 34.0 Å². The maximum absolute atomic E-state index is 6.11. The Morgan fingerprint density at radius 1 is 1.00 bits per heavy atom. The largest absolute Gasteiger partial charge is 0.382 e. The maximum atomic E-state index is 6.11. The third-order valence-electron chi connectivity index (χ3n) is 5.22. The standard InChI is InChI=1S/C24H23N7OS/c25-23-22(30-20(13-28-23)16-5-7-17(8-6-16)33-18-9-10-18)21-11-19(31-32-21)15-3-1-14(2-4-15)12-29-24(26)27/h1-8,11,13,18H,9-10,12H2,(H2,25,28)(H4,26,27,29). The number of guanidine groups is 1. The van der Waals surface area contributed by atoms with E-state index < -0.39 is 0 Å². The van der Waals surface area contributed by atoms with Gasteiger partial charge in [-0.25, -0.2) is 15.0 Å². The van der Waals surface area contributed by atoms with Gasteiger partial charge in [-0.15, -0.1) is 11.8 Å². The van der Waals surface area contributed by atoms with Gasteiger partial charge in [-0.2, -0.15) is 0 Å². The molecule has 1 aliphatic rings. The zero-order valence-corrected chi connectivity index (χ0v) is 18.6. The van der Waals surface area contributed by atoms with E-state index in [1.54, 1.807) is 6.20 Å². The molecule has 1 aliphatic carbocycles. The van der Waals surface area contributed by atoms with Crippen molar-refractivity contribution < 1.29 is 4.52 Å². The second-order valence-electron chi connectivity index (χ2n) is 7.85. The van der Waals surface area contributed by atoms with E-state index in [1.807, 2.05) is 42.1 Å². The van der Waals surface area contributed by atoms with Gasteiger partial charge in [0.1, 0.15) is 5.69 Å². The Morgan fingerprint density at radius 2 is 1.70 bits per heavy atom. The lowest BCUT2D eigenvalue weighted by atomic mass is 10.1. The Kier molecular flexibility index (Phi) is 5.70. The molecule has 2 aromatic carbocycles. The molecule has 0 radical (unpaired) electrons. The van der Waals surface area contributed by atoms with E-state index in [9.17, 15) is 0 Å². The van der Waals surface area contributed by atoms with Gasteiger partial charge in [0.25, 0.3) is 0 Å². The van der Waals surface area contributed by atoms with Crippen LogP contribution in [0, 0.1) is 0 Å². The summed E-state index contributed by atoms with van der Waals surface area (Å²) >= 11 is 1.92. The minimum atomic E-state index is 0.0641. The van der Waals surface area contributed by atoms with E-state index in [1.165, 1.54) is 17.7 Å². The van der Waals surface area contributed by atoms with Crippen LogP contribution in [-0.4, -0.2) is 26.3 Å². The molecule has 6 N–H and O–H groups in total. The summed E-state index contributed by atoms with van der Waals surface area (Å²) in [5.74, 6) is 0.812. The number of hydrogen-bond acceptors (Lipinski definition) is 7. The fourth-order valence-electron chi connectivity index (χ4n) is 3.29. The first-order valence-electron chi connectivity index (χ1n) is 10.6. The van der Waals surface area contributed by atoms with Gasteiger partial charge >= 0.3 is 0 Å².